The first kappa shape index (κ1) is 17.4. The highest BCUT2D eigenvalue weighted by Gasteiger charge is 2.12. The Bertz CT molecular complexity index is 1200. The van der Waals surface area contributed by atoms with Gasteiger partial charge in [-0.1, -0.05) is 24.3 Å². The molecule has 0 atom stereocenters. The van der Waals surface area contributed by atoms with Gasteiger partial charge in [0, 0.05) is 41.3 Å². The summed E-state index contributed by atoms with van der Waals surface area (Å²) in [6.45, 7) is 2.01. The molecule has 2 aromatic heterocycles. The summed E-state index contributed by atoms with van der Waals surface area (Å²) in [7, 11) is 0. The normalized spacial score (nSPS) is 10.8. The summed E-state index contributed by atoms with van der Waals surface area (Å²) in [6, 6.07) is 16.9. The largest absolute Gasteiger partial charge is 0.322 e. The first-order valence-electron chi connectivity index (χ1n) is 8.62. The molecule has 0 spiro atoms. The average molecular weight is 372 g/mol. The third-order valence-corrected chi connectivity index (χ3v) is 4.44. The molecule has 1 N–H and O–H groups in total. The molecular weight excluding hydrogens is 356 g/mol. The Morgan fingerprint density at radius 1 is 1.11 bits per heavy atom. The predicted octanol–water partition coefficient (Wildman–Crippen LogP) is 4.47. The SMILES string of the molecule is Cc1cccn2cc(-c3ccc(NC(=O)c4cccc([N+](=O)[O-])c4)cc3)nc12. The van der Waals surface area contributed by atoms with E-state index in [-0.39, 0.29) is 11.3 Å². The standard InChI is InChI=1S/C21H16N4O3/c1-14-4-3-11-24-13-19(23-20(14)24)15-7-9-17(10-8-15)22-21(26)16-5-2-6-18(12-16)25(27)28/h2-13H,1H3,(H,22,26). The number of benzene rings is 2. The van der Waals surface area contributed by atoms with Crippen LogP contribution in [0.3, 0.4) is 0 Å². The van der Waals surface area contributed by atoms with Gasteiger partial charge in [0.15, 0.2) is 0 Å². The van der Waals surface area contributed by atoms with E-state index in [1.165, 1.54) is 24.3 Å². The second-order valence-electron chi connectivity index (χ2n) is 6.39. The van der Waals surface area contributed by atoms with Crippen LogP contribution in [-0.2, 0) is 0 Å². The number of hydrogen-bond donors (Lipinski definition) is 1. The van der Waals surface area contributed by atoms with Gasteiger partial charge in [0.05, 0.1) is 10.6 Å². The van der Waals surface area contributed by atoms with Gasteiger partial charge < -0.3 is 9.72 Å². The molecule has 0 aliphatic carbocycles. The number of carbonyl (C=O) groups is 1. The minimum absolute atomic E-state index is 0.120. The monoisotopic (exact) mass is 372 g/mol. The summed E-state index contributed by atoms with van der Waals surface area (Å²) in [6.07, 6.45) is 3.91. The smallest absolute Gasteiger partial charge is 0.270 e. The summed E-state index contributed by atoms with van der Waals surface area (Å²) < 4.78 is 1.97. The molecule has 7 nitrogen and oxygen atoms in total. The van der Waals surface area contributed by atoms with Gasteiger partial charge in [-0.25, -0.2) is 4.98 Å². The number of imidazole rings is 1. The zero-order chi connectivity index (χ0) is 19.7. The highest BCUT2D eigenvalue weighted by Crippen LogP contribution is 2.23. The second-order valence-corrected chi connectivity index (χ2v) is 6.39. The number of aromatic nitrogens is 2. The fraction of sp³-hybridized carbons (Fsp3) is 0.0476. The number of carbonyl (C=O) groups excluding carboxylic acids is 1. The molecule has 7 heteroatoms. The number of anilines is 1. The van der Waals surface area contributed by atoms with Crippen molar-refractivity contribution in [2.45, 2.75) is 6.92 Å². The predicted molar refractivity (Wildman–Crippen MR) is 106 cm³/mol. The molecule has 2 heterocycles. The van der Waals surface area contributed by atoms with E-state index in [9.17, 15) is 14.9 Å². The van der Waals surface area contributed by atoms with Crippen molar-refractivity contribution in [2.75, 3.05) is 5.32 Å². The maximum atomic E-state index is 12.3. The molecule has 1 amide bonds. The van der Waals surface area contributed by atoms with Crippen LogP contribution in [-0.4, -0.2) is 20.2 Å². The lowest BCUT2D eigenvalue weighted by Crippen LogP contribution is -2.11. The van der Waals surface area contributed by atoms with Gasteiger partial charge >= 0.3 is 0 Å². The third kappa shape index (κ3) is 3.33. The molecule has 0 radical (unpaired) electrons. The van der Waals surface area contributed by atoms with E-state index < -0.39 is 10.8 Å². The Morgan fingerprint density at radius 2 is 1.89 bits per heavy atom. The maximum Gasteiger partial charge on any atom is 0.270 e. The lowest BCUT2D eigenvalue weighted by Gasteiger charge is -2.06. The van der Waals surface area contributed by atoms with Crippen molar-refractivity contribution in [3.05, 3.63) is 94.3 Å². The van der Waals surface area contributed by atoms with Crippen LogP contribution in [0.4, 0.5) is 11.4 Å². The van der Waals surface area contributed by atoms with Crippen LogP contribution in [0.5, 0.6) is 0 Å². The van der Waals surface area contributed by atoms with E-state index in [1.807, 2.05) is 48.0 Å². The topological polar surface area (TPSA) is 89.5 Å². The molecule has 0 bridgehead atoms. The zero-order valence-electron chi connectivity index (χ0n) is 15.0. The van der Waals surface area contributed by atoms with Crippen molar-refractivity contribution in [3.63, 3.8) is 0 Å². The summed E-state index contributed by atoms with van der Waals surface area (Å²) in [4.78, 5) is 27.3. The summed E-state index contributed by atoms with van der Waals surface area (Å²) in [5.41, 5.74) is 4.47. The van der Waals surface area contributed by atoms with Crippen molar-refractivity contribution >= 4 is 22.9 Å². The number of nitro groups is 1. The maximum absolute atomic E-state index is 12.3. The molecule has 2 aromatic carbocycles. The van der Waals surface area contributed by atoms with Gasteiger partial charge in [0.25, 0.3) is 11.6 Å². The molecule has 4 rings (SSSR count). The number of nitro benzene ring substituents is 1. The van der Waals surface area contributed by atoms with Gasteiger partial charge in [-0.15, -0.1) is 0 Å². The van der Waals surface area contributed by atoms with Crippen LogP contribution in [0.1, 0.15) is 15.9 Å². The number of nitrogens with one attached hydrogen (secondary N) is 1. The minimum atomic E-state index is -0.526. The fourth-order valence-electron chi connectivity index (χ4n) is 2.98. The van der Waals surface area contributed by atoms with Crippen molar-refractivity contribution < 1.29 is 9.72 Å². The number of amides is 1. The number of hydrogen-bond acceptors (Lipinski definition) is 4. The van der Waals surface area contributed by atoms with Crippen LogP contribution in [0.2, 0.25) is 0 Å². The molecule has 4 aromatic rings. The second kappa shape index (κ2) is 6.96. The lowest BCUT2D eigenvalue weighted by atomic mass is 10.1. The van der Waals surface area contributed by atoms with Crippen molar-refractivity contribution in [1.82, 2.24) is 9.38 Å². The van der Waals surface area contributed by atoms with Crippen LogP contribution in [0, 0.1) is 17.0 Å². The number of rotatable bonds is 4. The zero-order valence-corrected chi connectivity index (χ0v) is 15.0. The Labute approximate surface area is 160 Å². The van der Waals surface area contributed by atoms with E-state index in [0.717, 1.165) is 22.5 Å². The Morgan fingerprint density at radius 3 is 2.61 bits per heavy atom. The van der Waals surface area contributed by atoms with Gasteiger partial charge in [-0.2, -0.15) is 0 Å². The molecule has 0 unspecified atom stereocenters. The molecule has 138 valence electrons. The molecule has 28 heavy (non-hydrogen) atoms. The molecule has 0 saturated heterocycles. The minimum Gasteiger partial charge on any atom is -0.322 e. The highest BCUT2D eigenvalue weighted by atomic mass is 16.6. The number of fused-ring (bicyclic) bond motifs is 1. The number of non-ortho nitro benzene ring substituents is 1. The Hall–Kier alpha value is -4.00. The number of nitrogens with zero attached hydrogens (tertiary/aromatic N) is 3. The van der Waals surface area contributed by atoms with Crippen LogP contribution >= 0.6 is 0 Å². The molecule has 0 fully saturated rings. The van der Waals surface area contributed by atoms with E-state index in [4.69, 9.17) is 0 Å². The van der Waals surface area contributed by atoms with Crippen molar-refractivity contribution in [2.24, 2.45) is 0 Å². The molecular formula is C21H16N4O3. The fourth-order valence-corrected chi connectivity index (χ4v) is 2.98. The highest BCUT2D eigenvalue weighted by molar-refractivity contribution is 6.04. The number of aryl methyl sites for hydroxylation is 1. The van der Waals surface area contributed by atoms with Gasteiger partial charge in [0.1, 0.15) is 5.65 Å². The van der Waals surface area contributed by atoms with E-state index in [2.05, 4.69) is 10.3 Å². The van der Waals surface area contributed by atoms with Gasteiger partial charge in [0.2, 0.25) is 0 Å². The molecule has 0 saturated carbocycles. The average Bonchev–Trinajstić information content (AvgIpc) is 3.14. The van der Waals surface area contributed by atoms with Crippen molar-refractivity contribution in [1.29, 1.82) is 0 Å². The Balaban J connectivity index is 1.54. The van der Waals surface area contributed by atoms with Crippen LogP contribution < -0.4 is 5.32 Å². The van der Waals surface area contributed by atoms with Gasteiger partial charge in [-0.3, -0.25) is 14.9 Å². The quantitative estimate of drug-likeness (QED) is 0.423. The van der Waals surface area contributed by atoms with E-state index in [1.54, 1.807) is 12.1 Å². The van der Waals surface area contributed by atoms with Crippen molar-refractivity contribution in [3.8, 4) is 11.3 Å². The van der Waals surface area contributed by atoms with Crippen LogP contribution in [0.25, 0.3) is 16.9 Å². The lowest BCUT2D eigenvalue weighted by molar-refractivity contribution is -0.384. The van der Waals surface area contributed by atoms with E-state index in [0.29, 0.717) is 5.69 Å². The summed E-state index contributed by atoms with van der Waals surface area (Å²) in [5.74, 6) is -0.403. The molecule has 0 aliphatic heterocycles. The van der Waals surface area contributed by atoms with Crippen LogP contribution in [0.15, 0.2) is 73.1 Å². The summed E-state index contributed by atoms with van der Waals surface area (Å²) >= 11 is 0. The van der Waals surface area contributed by atoms with Gasteiger partial charge in [-0.05, 0) is 36.8 Å². The Kier molecular flexibility index (Phi) is 4.33. The van der Waals surface area contributed by atoms with E-state index >= 15 is 0 Å². The molecule has 0 aliphatic rings. The third-order valence-electron chi connectivity index (χ3n) is 4.44. The number of pyridine rings is 1. The first-order valence-corrected chi connectivity index (χ1v) is 8.62. The summed E-state index contributed by atoms with van der Waals surface area (Å²) in [5, 5.41) is 13.6. The first-order chi connectivity index (χ1) is 13.5.